The molecule has 0 bridgehead atoms. The molecule has 10 atom stereocenters. The molecule has 5 aliphatic carbocycles. The maximum Gasteiger partial charge on any atom is 0.333 e. The lowest BCUT2D eigenvalue weighted by molar-refractivity contribution is -0.244. The summed E-state index contributed by atoms with van der Waals surface area (Å²) in [4.78, 5) is 26.0. The highest BCUT2D eigenvalue weighted by Gasteiger charge is 2.72. The summed E-state index contributed by atoms with van der Waals surface area (Å²) in [7, 11) is 0. The van der Waals surface area contributed by atoms with E-state index in [-0.39, 0.29) is 57.6 Å². The van der Waals surface area contributed by atoms with Crippen molar-refractivity contribution in [3.05, 3.63) is 23.3 Å². The maximum atomic E-state index is 13.2. The number of hydrogen-bond donors (Lipinski definition) is 2. The molecule has 0 aromatic rings. The summed E-state index contributed by atoms with van der Waals surface area (Å²) in [6.07, 6.45) is 9.81. The fourth-order valence-corrected chi connectivity index (χ4v) is 11.7. The van der Waals surface area contributed by atoms with Crippen LogP contribution in [0.2, 0.25) is 0 Å². The third-order valence-corrected chi connectivity index (χ3v) is 14.4. The van der Waals surface area contributed by atoms with Gasteiger partial charge in [0.05, 0.1) is 18.1 Å². The maximum absolute atomic E-state index is 13.2. The van der Waals surface area contributed by atoms with Gasteiger partial charge in [0.25, 0.3) is 0 Å². The van der Waals surface area contributed by atoms with E-state index in [1.807, 2.05) is 6.92 Å². The molecule has 6 nitrogen and oxygen atoms in total. The second-order valence-electron chi connectivity index (χ2n) is 17.2. The zero-order valence-corrected chi connectivity index (χ0v) is 28.5. The molecule has 43 heavy (non-hydrogen) atoms. The molecule has 5 aliphatic rings. The third kappa shape index (κ3) is 4.54. The standard InChI is InChI=1S/C37H58O6/c1-11-22(2)31(41)43-29-19-32(4,5)18-25-24-12-13-27-34(8)16-15-28(40)33(6,7)26(34)14-17-35(27,9)36(24,10)20-30(42-23(3)39)37(25,29)21-38/h11-12,25-30,38,40H,13-21H2,1-10H3/b22-11-/t25-,26-,27+,28-,29-,30+,34-,35+,36+,37+/m0/s1. The van der Waals surface area contributed by atoms with Crippen LogP contribution in [0.15, 0.2) is 23.3 Å². The van der Waals surface area contributed by atoms with Crippen molar-refractivity contribution in [1.29, 1.82) is 0 Å². The van der Waals surface area contributed by atoms with E-state index in [4.69, 9.17) is 9.47 Å². The second-order valence-corrected chi connectivity index (χ2v) is 17.2. The highest BCUT2D eigenvalue weighted by atomic mass is 16.6. The minimum absolute atomic E-state index is 0.0456. The van der Waals surface area contributed by atoms with E-state index in [1.165, 1.54) is 12.5 Å². The Balaban J connectivity index is 1.66. The van der Waals surface area contributed by atoms with Crippen LogP contribution in [0.25, 0.3) is 0 Å². The van der Waals surface area contributed by atoms with Crippen LogP contribution in [-0.4, -0.2) is 47.1 Å². The van der Waals surface area contributed by atoms with Crippen molar-refractivity contribution in [2.45, 2.75) is 139 Å². The lowest BCUT2D eigenvalue weighted by Crippen LogP contribution is -2.70. The van der Waals surface area contributed by atoms with E-state index in [2.05, 4.69) is 54.5 Å². The van der Waals surface area contributed by atoms with Gasteiger partial charge in [-0.25, -0.2) is 4.79 Å². The van der Waals surface area contributed by atoms with Crippen LogP contribution in [0.4, 0.5) is 0 Å². The largest absolute Gasteiger partial charge is 0.462 e. The third-order valence-electron chi connectivity index (χ3n) is 14.4. The molecule has 4 fully saturated rings. The van der Waals surface area contributed by atoms with E-state index >= 15 is 0 Å². The monoisotopic (exact) mass is 598 g/mol. The van der Waals surface area contributed by atoms with Crippen LogP contribution in [0.3, 0.4) is 0 Å². The minimum Gasteiger partial charge on any atom is -0.462 e. The lowest BCUT2D eigenvalue weighted by Gasteiger charge is -2.72. The number of carbonyl (C=O) groups is 2. The van der Waals surface area contributed by atoms with Crippen molar-refractivity contribution in [2.24, 2.45) is 50.2 Å². The fourth-order valence-electron chi connectivity index (χ4n) is 11.7. The van der Waals surface area contributed by atoms with E-state index in [0.29, 0.717) is 30.3 Å². The Morgan fingerprint density at radius 1 is 0.930 bits per heavy atom. The van der Waals surface area contributed by atoms with Gasteiger partial charge >= 0.3 is 11.9 Å². The van der Waals surface area contributed by atoms with Gasteiger partial charge in [0, 0.05) is 12.5 Å². The van der Waals surface area contributed by atoms with Gasteiger partial charge in [0.2, 0.25) is 0 Å². The number of hydrogen-bond acceptors (Lipinski definition) is 6. The normalized spacial score (nSPS) is 46.7. The van der Waals surface area contributed by atoms with Crippen LogP contribution < -0.4 is 0 Å². The first-order valence-corrected chi connectivity index (χ1v) is 16.8. The smallest absolute Gasteiger partial charge is 0.333 e. The van der Waals surface area contributed by atoms with E-state index < -0.39 is 17.6 Å². The summed E-state index contributed by atoms with van der Waals surface area (Å²) >= 11 is 0. The van der Waals surface area contributed by atoms with Crippen LogP contribution >= 0.6 is 0 Å². The van der Waals surface area contributed by atoms with Gasteiger partial charge in [-0.2, -0.15) is 0 Å². The Bertz CT molecular complexity index is 1210. The number of rotatable bonds is 4. The predicted octanol–water partition coefficient (Wildman–Crippen LogP) is 7.17. The number of fused-ring (bicyclic) bond motifs is 7. The average molecular weight is 599 g/mol. The van der Waals surface area contributed by atoms with Gasteiger partial charge in [0.1, 0.15) is 12.2 Å². The van der Waals surface area contributed by atoms with E-state index in [9.17, 15) is 19.8 Å². The van der Waals surface area contributed by atoms with Crippen molar-refractivity contribution < 1.29 is 29.3 Å². The van der Waals surface area contributed by atoms with Gasteiger partial charge in [-0.3, -0.25) is 4.79 Å². The average Bonchev–Trinajstić information content (AvgIpc) is 2.90. The van der Waals surface area contributed by atoms with Gasteiger partial charge in [-0.05, 0) is 110 Å². The Morgan fingerprint density at radius 3 is 2.19 bits per heavy atom. The first-order valence-electron chi connectivity index (χ1n) is 16.8. The number of esters is 2. The van der Waals surface area contributed by atoms with Crippen LogP contribution in [0, 0.1) is 50.2 Å². The predicted molar refractivity (Wildman–Crippen MR) is 168 cm³/mol. The molecular formula is C37H58O6. The summed E-state index contributed by atoms with van der Waals surface area (Å²) < 4.78 is 12.6. The minimum atomic E-state index is -0.905. The second kappa shape index (κ2) is 10.4. The van der Waals surface area contributed by atoms with Crippen molar-refractivity contribution in [3.63, 3.8) is 0 Å². The molecule has 5 rings (SSSR count). The molecule has 0 radical (unpaired) electrons. The first kappa shape index (κ1) is 32.7. The van der Waals surface area contributed by atoms with Crippen LogP contribution in [0.1, 0.15) is 121 Å². The van der Waals surface area contributed by atoms with Crippen molar-refractivity contribution in [3.8, 4) is 0 Å². The molecular weight excluding hydrogens is 540 g/mol. The van der Waals surface area contributed by atoms with Crippen LogP contribution in [-0.2, 0) is 19.1 Å². The van der Waals surface area contributed by atoms with E-state index in [1.54, 1.807) is 13.0 Å². The number of allylic oxidation sites excluding steroid dienone is 3. The molecule has 4 saturated carbocycles. The molecule has 0 heterocycles. The van der Waals surface area contributed by atoms with Crippen LogP contribution in [0.5, 0.6) is 0 Å². The number of aliphatic hydroxyl groups excluding tert-OH is 2. The number of carbonyl (C=O) groups excluding carboxylic acids is 2. The summed E-state index contributed by atoms with van der Waals surface area (Å²) in [5, 5.41) is 22.5. The molecule has 0 unspecified atom stereocenters. The molecule has 0 amide bonds. The highest BCUT2D eigenvalue weighted by molar-refractivity contribution is 5.87. The lowest BCUT2D eigenvalue weighted by atomic mass is 9.33. The Kier molecular flexibility index (Phi) is 7.94. The molecule has 0 spiro atoms. The molecule has 2 N–H and O–H groups in total. The number of ether oxygens (including phenoxy) is 2. The van der Waals surface area contributed by atoms with Gasteiger partial charge in [-0.15, -0.1) is 0 Å². The molecule has 0 aromatic carbocycles. The Hall–Kier alpha value is -1.66. The van der Waals surface area contributed by atoms with E-state index in [0.717, 1.165) is 38.5 Å². The highest BCUT2D eigenvalue weighted by Crippen LogP contribution is 2.76. The molecule has 0 aromatic heterocycles. The Morgan fingerprint density at radius 2 is 1.58 bits per heavy atom. The summed E-state index contributed by atoms with van der Waals surface area (Å²) in [5.41, 5.74) is 0.531. The fraction of sp³-hybridized carbons (Fsp3) is 0.838. The van der Waals surface area contributed by atoms with Crippen molar-refractivity contribution >= 4 is 11.9 Å². The van der Waals surface area contributed by atoms with Crippen molar-refractivity contribution in [1.82, 2.24) is 0 Å². The first-order chi connectivity index (χ1) is 19.8. The Labute approximate surface area is 260 Å². The molecule has 0 saturated heterocycles. The quantitative estimate of drug-likeness (QED) is 0.202. The van der Waals surface area contributed by atoms with Gasteiger partial charge in [0.15, 0.2) is 0 Å². The zero-order chi connectivity index (χ0) is 32.0. The summed E-state index contributed by atoms with van der Waals surface area (Å²) in [5.74, 6) is 0.0625. The summed E-state index contributed by atoms with van der Waals surface area (Å²) in [6.45, 7) is 21.2. The topological polar surface area (TPSA) is 93.1 Å². The van der Waals surface area contributed by atoms with Crippen molar-refractivity contribution in [2.75, 3.05) is 6.61 Å². The van der Waals surface area contributed by atoms with Gasteiger partial charge in [-0.1, -0.05) is 66.2 Å². The SMILES string of the molecule is C/C=C(/C)C(=O)O[C@H]1CC(C)(C)C[C@H]2C3=CC[C@@H]4[C@@]5(C)CC[C@H](O)C(C)(C)[C@@H]5CC[C@@]4(C)[C@]3(C)C[C@@H](OC(C)=O)[C@@]12CO. The number of aliphatic hydroxyl groups is 2. The molecule has 0 aliphatic heterocycles. The molecule has 6 heteroatoms. The zero-order valence-electron chi connectivity index (χ0n) is 28.5. The summed E-state index contributed by atoms with van der Waals surface area (Å²) in [6, 6.07) is 0. The van der Waals surface area contributed by atoms with Gasteiger partial charge < -0.3 is 19.7 Å². The molecule has 242 valence electrons.